The molecule has 0 spiro atoms. The van der Waals surface area contributed by atoms with Crippen molar-refractivity contribution in [1.29, 1.82) is 0 Å². The normalized spacial score (nSPS) is 11.4. The van der Waals surface area contributed by atoms with Gasteiger partial charge in [-0.15, -0.1) is 0 Å². The molecule has 4 heteroatoms. The maximum absolute atomic E-state index is 13.0. The first-order valence-electron chi connectivity index (χ1n) is 9.37. The molecule has 3 aromatic rings. The third-order valence-corrected chi connectivity index (χ3v) is 4.49. The van der Waals surface area contributed by atoms with Crippen molar-refractivity contribution in [3.05, 3.63) is 108 Å². The van der Waals surface area contributed by atoms with Gasteiger partial charge in [0.15, 0.2) is 0 Å². The Morgan fingerprint density at radius 1 is 0.750 bits per heavy atom. The van der Waals surface area contributed by atoms with Gasteiger partial charge in [-0.25, -0.2) is 4.79 Å². The van der Waals surface area contributed by atoms with E-state index in [9.17, 15) is 9.59 Å². The highest BCUT2D eigenvalue weighted by atomic mass is 16.2. The summed E-state index contributed by atoms with van der Waals surface area (Å²) in [5.41, 5.74) is 3.09. The van der Waals surface area contributed by atoms with Crippen LogP contribution in [0.1, 0.15) is 16.7 Å². The smallest absolute Gasteiger partial charge is 0.318 e. The average Bonchev–Trinajstić information content (AvgIpc) is 2.75. The fourth-order valence-corrected chi connectivity index (χ4v) is 3.06. The number of hydrogen-bond donors (Lipinski definition) is 1. The summed E-state index contributed by atoms with van der Waals surface area (Å²) < 4.78 is 0. The van der Waals surface area contributed by atoms with E-state index in [4.69, 9.17) is 0 Å². The summed E-state index contributed by atoms with van der Waals surface area (Å²) in [6.07, 6.45) is 1.27. The predicted octanol–water partition coefficient (Wildman–Crippen LogP) is 4.21. The third kappa shape index (κ3) is 5.81. The quantitative estimate of drug-likeness (QED) is 0.602. The van der Waals surface area contributed by atoms with Gasteiger partial charge in [-0.1, -0.05) is 91.0 Å². The lowest BCUT2D eigenvalue weighted by molar-refractivity contribution is -0.109. The number of urea groups is 1. The highest BCUT2D eigenvalue weighted by Gasteiger charge is 2.19. The van der Waals surface area contributed by atoms with E-state index in [2.05, 4.69) is 5.32 Å². The zero-order chi connectivity index (χ0) is 19.6. The summed E-state index contributed by atoms with van der Waals surface area (Å²) in [4.78, 5) is 26.2. The molecule has 1 atom stereocenters. The first kappa shape index (κ1) is 19.4. The molecule has 4 nitrogen and oxygen atoms in total. The highest BCUT2D eigenvalue weighted by molar-refractivity contribution is 5.78. The largest absolute Gasteiger partial charge is 0.328 e. The number of nitrogens with one attached hydrogen (secondary N) is 1. The number of carbonyl (C=O) groups is 2. The molecule has 0 radical (unpaired) electrons. The number of hydrogen-bond acceptors (Lipinski definition) is 2. The van der Waals surface area contributed by atoms with Crippen LogP contribution in [0, 0.1) is 0 Å². The molecule has 3 aromatic carbocycles. The molecule has 0 aromatic heterocycles. The lowest BCUT2D eigenvalue weighted by Gasteiger charge is -2.25. The molecular weight excluding hydrogens is 348 g/mol. The fraction of sp³-hybridized carbons (Fsp3) is 0.167. The third-order valence-electron chi connectivity index (χ3n) is 4.49. The number of aldehydes is 1. The van der Waals surface area contributed by atoms with Crippen molar-refractivity contribution in [1.82, 2.24) is 10.2 Å². The Labute approximate surface area is 165 Å². The van der Waals surface area contributed by atoms with E-state index in [1.165, 1.54) is 0 Å². The van der Waals surface area contributed by atoms with Crippen LogP contribution in [0.25, 0.3) is 0 Å². The Balaban J connectivity index is 1.71. The van der Waals surface area contributed by atoms with Gasteiger partial charge in [0.05, 0.1) is 6.04 Å². The van der Waals surface area contributed by atoms with Crippen LogP contribution >= 0.6 is 0 Å². The topological polar surface area (TPSA) is 49.4 Å². The summed E-state index contributed by atoms with van der Waals surface area (Å²) in [6, 6.07) is 28.6. The van der Waals surface area contributed by atoms with Gasteiger partial charge >= 0.3 is 6.03 Å². The summed E-state index contributed by atoms with van der Waals surface area (Å²) in [5, 5.41) is 2.87. The molecular formula is C24H24N2O2. The van der Waals surface area contributed by atoms with E-state index in [0.29, 0.717) is 19.5 Å². The Bertz CT molecular complexity index is 825. The van der Waals surface area contributed by atoms with Crippen molar-refractivity contribution in [2.75, 3.05) is 0 Å². The van der Waals surface area contributed by atoms with E-state index in [1.807, 2.05) is 91.0 Å². The minimum atomic E-state index is -0.566. The molecule has 1 N–H and O–H groups in total. The van der Waals surface area contributed by atoms with Crippen LogP contribution in [0.4, 0.5) is 4.79 Å². The molecule has 0 aliphatic heterocycles. The van der Waals surface area contributed by atoms with Crippen molar-refractivity contribution >= 4 is 12.3 Å². The van der Waals surface area contributed by atoms with Gasteiger partial charge in [0, 0.05) is 13.1 Å². The van der Waals surface area contributed by atoms with Gasteiger partial charge < -0.3 is 15.0 Å². The van der Waals surface area contributed by atoms with E-state index < -0.39 is 6.04 Å². The van der Waals surface area contributed by atoms with Gasteiger partial charge in [-0.2, -0.15) is 0 Å². The van der Waals surface area contributed by atoms with Crippen LogP contribution in [-0.4, -0.2) is 23.3 Å². The van der Waals surface area contributed by atoms with Crippen molar-refractivity contribution in [3.63, 3.8) is 0 Å². The van der Waals surface area contributed by atoms with Gasteiger partial charge in [0.2, 0.25) is 0 Å². The molecule has 0 saturated heterocycles. The molecule has 0 bridgehead atoms. The van der Waals surface area contributed by atoms with Crippen molar-refractivity contribution in [3.8, 4) is 0 Å². The molecule has 2 amide bonds. The number of rotatable bonds is 8. The monoisotopic (exact) mass is 372 g/mol. The van der Waals surface area contributed by atoms with Crippen LogP contribution in [0.3, 0.4) is 0 Å². The highest BCUT2D eigenvalue weighted by Crippen LogP contribution is 2.11. The van der Waals surface area contributed by atoms with Crippen molar-refractivity contribution < 1.29 is 9.59 Å². The lowest BCUT2D eigenvalue weighted by atomic mass is 10.1. The maximum atomic E-state index is 13.0. The zero-order valence-corrected chi connectivity index (χ0v) is 15.7. The molecule has 0 aliphatic rings. The standard InChI is InChI=1S/C24H24N2O2/c27-19-23(16-20-10-4-1-5-11-20)25-24(28)26(17-21-12-6-2-7-13-21)18-22-14-8-3-9-15-22/h1-15,19,23H,16-18H2,(H,25,28)/t23-/m0/s1. The Hall–Kier alpha value is -3.40. The summed E-state index contributed by atoms with van der Waals surface area (Å²) in [6.45, 7) is 0.941. The average molecular weight is 372 g/mol. The van der Waals surface area contributed by atoms with Crippen molar-refractivity contribution in [2.45, 2.75) is 25.6 Å². The second-order valence-corrected chi connectivity index (χ2v) is 6.71. The number of amides is 2. The van der Waals surface area contributed by atoms with Gasteiger partial charge in [0.25, 0.3) is 0 Å². The molecule has 0 unspecified atom stereocenters. The number of nitrogens with zero attached hydrogens (tertiary/aromatic N) is 1. The van der Waals surface area contributed by atoms with Crippen LogP contribution < -0.4 is 5.32 Å². The molecule has 0 aliphatic carbocycles. The fourth-order valence-electron chi connectivity index (χ4n) is 3.06. The van der Waals surface area contributed by atoms with E-state index in [-0.39, 0.29) is 6.03 Å². The predicted molar refractivity (Wildman–Crippen MR) is 111 cm³/mol. The SMILES string of the molecule is O=C[C@H](Cc1ccccc1)NC(=O)N(Cc1ccccc1)Cc1ccccc1. The van der Waals surface area contributed by atoms with E-state index in [0.717, 1.165) is 23.0 Å². The number of benzene rings is 3. The van der Waals surface area contributed by atoms with Gasteiger partial charge in [-0.3, -0.25) is 0 Å². The minimum Gasteiger partial charge on any atom is -0.328 e. The van der Waals surface area contributed by atoms with Crippen LogP contribution in [0.2, 0.25) is 0 Å². The first-order chi connectivity index (χ1) is 13.7. The van der Waals surface area contributed by atoms with Gasteiger partial charge in [-0.05, 0) is 23.1 Å². The lowest BCUT2D eigenvalue weighted by Crippen LogP contribution is -2.45. The molecule has 3 rings (SSSR count). The molecule has 0 fully saturated rings. The van der Waals surface area contributed by atoms with Gasteiger partial charge in [0.1, 0.15) is 6.29 Å². The Morgan fingerprint density at radius 3 is 1.61 bits per heavy atom. The number of carbonyl (C=O) groups excluding carboxylic acids is 2. The molecule has 0 saturated carbocycles. The summed E-state index contributed by atoms with van der Waals surface area (Å²) in [7, 11) is 0. The molecule has 28 heavy (non-hydrogen) atoms. The molecule has 142 valence electrons. The van der Waals surface area contributed by atoms with E-state index >= 15 is 0 Å². The summed E-state index contributed by atoms with van der Waals surface area (Å²) >= 11 is 0. The maximum Gasteiger partial charge on any atom is 0.318 e. The first-order valence-corrected chi connectivity index (χ1v) is 9.37. The minimum absolute atomic E-state index is 0.249. The summed E-state index contributed by atoms with van der Waals surface area (Å²) in [5.74, 6) is 0. The van der Waals surface area contributed by atoms with Crippen LogP contribution in [0.15, 0.2) is 91.0 Å². The Morgan fingerprint density at radius 2 is 1.18 bits per heavy atom. The molecule has 0 heterocycles. The van der Waals surface area contributed by atoms with Crippen molar-refractivity contribution in [2.24, 2.45) is 0 Å². The zero-order valence-electron chi connectivity index (χ0n) is 15.7. The van der Waals surface area contributed by atoms with Crippen LogP contribution in [-0.2, 0) is 24.3 Å². The van der Waals surface area contributed by atoms with E-state index in [1.54, 1.807) is 4.90 Å². The second-order valence-electron chi connectivity index (χ2n) is 6.71. The van der Waals surface area contributed by atoms with Crippen LogP contribution in [0.5, 0.6) is 0 Å². The second kappa shape index (κ2) is 10.1. The Kier molecular flexibility index (Phi) is 6.96.